The second-order valence-corrected chi connectivity index (χ2v) is 8.14. The summed E-state index contributed by atoms with van der Waals surface area (Å²) in [4.78, 5) is 2.14. The molecule has 1 unspecified atom stereocenters. The van der Waals surface area contributed by atoms with Crippen LogP contribution >= 0.6 is 0 Å². The highest BCUT2D eigenvalue weighted by molar-refractivity contribution is 7.89. The van der Waals surface area contributed by atoms with E-state index in [-0.39, 0.29) is 10.9 Å². The van der Waals surface area contributed by atoms with Crippen molar-refractivity contribution in [2.24, 2.45) is 5.14 Å². The van der Waals surface area contributed by atoms with E-state index in [1.54, 1.807) is 12.1 Å². The summed E-state index contributed by atoms with van der Waals surface area (Å²) in [6.07, 6.45) is 0. The van der Waals surface area contributed by atoms with Crippen molar-refractivity contribution in [3.05, 3.63) is 65.5 Å². The normalized spacial score (nSPS) is 13.1. The minimum absolute atomic E-state index is 0.0221. The average Bonchev–Trinajstić information content (AvgIpc) is 3.09. The van der Waals surface area contributed by atoms with Gasteiger partial charge in [0.25, 0.3) is 0 Å². The molecule has 0 aliphatic rings. The van der Waals surface area contributed by atoms with E-state index < -0.39 is 10.0 Å². The van der Waals surface area contributed by atoms with Gasteiger partial charge in [0.15, 0.2) is 0 Å². The van der Waals surface area contributed by atoms with Crippen molar-refractivity contribution in [1.29, 1.82) is 0 Å². The Morgan fingerprint density at radius 2 is 1.85 bits per heavy atom. The minimum atomic E-state index is -3.69. The van der Waals surface area contributed by atoms with Gasteiger partial charge in [-0.2, -0.15) is 0 Å². The molecule has 0 radical (unpaired) electrons. The average molecular weight is 386 g/mol. The summed E-state index contributed by atoms with van der Waals surface area (Å²) < 4.78 is 28.5. The van der Waals surface area contributed by atoms with Gasteiger partial charge in [0.2, 0.25) is 21.8 Å². The molecule has 3 aromatic rings. The maximum atomic E-state index is 11.4. The Bertz CT molecular complexity index is 1030. The van der Waals surface area contributed by atoms with Crippen molar-refractivity contribution < 1.29 is 12.8 Å². The highest BCUT2D eigenvalue weighted by Crippen LogP contribution is 2.23. The molecule has 0 amide bonds. The maximum absolute atomic E-state index is 11.4. The Labute approximate surface area is 158 Å². The van der Waals surface area contributed by atoms with Gasteiger partial charge in [0, 0.05) is 11.6 Å². The number of aryl methyl sites for hydroxylation is 1. The molecule has 8 heteroatoms. The molecular weight excluding hydrogens is 364 g/mol. The topological polar surface area (TPSA) is 102 Å². The molecule has 0 aliphatic heterocycles. The van der Waals surface area contributed by atoms with E-state index in [4.69, 9.17) is 9.56 Å². The highest BCUT2D eigenvalue weighted by atomic mass is 32.2. The molecule has 0 spiro atoms. The molecule has 7 nitrogen and oxygen atoms in total. The predicted molar refractivity (Wildman–Crippen MR) is 102 cm³/mol. The number of hydrogen-bond donors (Lipinski definition) is 1. The summed E-state index contributed by atoms with van der Waals surface area (Å²) >= 11 is 0. The van der Waals surface area contributed by atoms with E-state index in [1.807, 2.05) is 50.1 Å². The number of nitrogens with zero attached hydrogens (tertiary/aromatic N) is 3. The Kier molecular flexibility index (Phi) is 5.41. The van der Waals surface area contributed by atoms with Gasteiger partial charge in [-0.15, -0.1) is 10.2 Å². The number of rotatable bonds is 6. The van der Waals surface area contributed by atoms with Crippen LogP contribution in [0.1, 0.15) is 30.0 Å². The molecular formula is C19H22N4O3S. The van der Waals surface area contributed by atoms with Crippen LogP contribution in [0.5, 0.6) is 0 Å². The molecule has 0 fully saturated rings. The fourth-order valence-corrected chi connectivity index (χ4v) is 3.27. The van der Waals surface area contributed by atoms with Crippen molar-refractivity contribution in [3.63, 3.8) is 0 Å². The second kappa shape index (κ2) is 7.59. The van der Waals surface area contributed by atoms with Gasteiger partial charge in [0.05, 0.1) is 11.4 Å². The Balaban J connectivity index is 1.71. The molecule has 142 valence electrons. The monoisotopic (exact) mass is 386 g/mol. The van der Waals surface area contributed by atoms with Gasteiger partial charge in [-0.3, -0.25) is 4.90 Å². The largest absolute Gasteiger partial charge is 0.419 e. The zero-order valence-corrected chi connectivity index (χ0v) is 16.3. The van der Waals surface area contributed by atoms with Crippen molar-refractivity contribution in [1.82, 2.24) is 15.1 Å². The molecule has 0 aliphatic carbocycles. The van der Waals surface area contributed by atoms with E-state index in [0.29, 0.717) is 18.3 Å². The van der Waals surface area contributed by atoms with Crippen LogP contribution < -0.4 is 5.14 Å². The lowest BCUT2D eigenvalue weighted by atomic mass is 10.1. The number of nitrogens with two attached hydrogens (primary N) is 1. The summed E-state index contributed by atoms with van der Waals surface area (Å²) in [6.45, 7) is 4.50. The zero-order valence-electron chi connectivity index (χ0n) is 15.5. The molecule has 1 heterocycles. The van der Waals surface area contributed by atoms with Gasteiger partial charge >= 0.3 is 0 Å². The van der Waals surface area contributed by atoms with Crippen LogP contribution in [-0.4, -0.2) is 30.6 Å². The SMILES string of the molecule is Cc1cccc(-c2nnc(CN(C)C(C)c3ccc(S(N)(=O)=O)cc3)o2)c1. The molecule has 0 saturated carbocycles. The third kappa shape index (κ3) is 4.60. The maximum Gasteiger partial charge on any atom is 0.247 e. The first-order chi connectivity index (χ1) is 12.7. The predicted octanol–water partition coefficient (Wildman–Crippen LogP) is 2.89. The quantitative estimate of drug-likeness (QED) is 0.699. The van der Waals surface area contributed by atoms with Gasteiger partial charge < -0.3 is 4.42 Å². The standard InChI is InChI=1S/C19H22N4O3S/c1-13-5-4-6-16(11-13)19-22-21-18(26-19)12-23(3)14(2)15-7-9-17(10-8-15)27(20,24)25/h4-11,14H,12H2,1-3H3,(H2,20,24,25). The van der Waals surface area contributed by atoms with Crippen molar-refractivity contribution >= 4 is 10.0 Å². The first-order valence-corrected chi connectivity index (χ1v) is 10.0. The van der Waals surface area contributed by atoms with Crippen LogP contribution in [0, 0.1) is 6.92 Å². The summed E-state index contributed by atoms with van der Waals surface area (Å²) in [5.74, 6) is 1.01. The molecule has 2 N–H and O–H groups in total. The van der Waals surface area contributed by atoms with Gasteiger partial charge in [-0.1, -0.05) is 29.8 Å². The fourth-order valence-electron chi connectivity index (χ4n) is 2.75. The third-order valence-corrected chi connectivity index (χ3v) is 5.40. The van der Waals surface area contributed by atoms with Crippen LogP contribution in [0.2, 0.25) is 0 Å². The summed E-state index contributed by atoms with van der Waals surface area (Å²) in [5.41, 5.74) is 2.98. The lowest BCUT2D eigenvalue weighted by molar-refractivity contribution is 0.228. The Morgan fingerprint density at radius 1 is 1.15 bits per heavy atom. The highest BCUT2D eigenvalue weighted by Gasteiger charge is 2.17. The lowest BCUT2D eigenvalue weighted by Crippen LogP contribution is -2.22. The minimum Gasteiger partial charge on any atom is -0.419 e. The number of hydrogen-bond acceptors (Lipinski definition) is 6. The summed E-state index contributed by atoms with van der Waals surface area (Å²) in [5, 5.41) is 13.4. The summed E-state index contributed by atoms with van der Waals surface area (Å²) in [7, 11) is -1.75. The number of aromatic nitrogens is 2. The van der Waals surface area contributed by atoms with Crippen molar-refractivity contribution in [2.45, 2.75) is 31.3 Å². The third-order valence-electron chi connectivity index (χ3n) is 4.47. The summed E-state index contributed by atoms with van der Waals surface area (Å²) in [6, 6.07) is 14.5. The molecule has 3 rings (SSSR count). The van der Waals surface area contributed by atoms with Gasteiger partial charge in [-0.25, -0.2) is 13.6 Å². The number of benzene rings is 2. The fraction of sp³-hybridized carbons (Fsp3) is 0.263. The van der Waals surface area contributed by atoms with E-state index in [1.165, 1.54) is 12.1 Å². The smallest absolute Gasteiger partial charge is 0.247 e. The molecule has 27 heavy (non-hydrogen) atoms. The number of sulfonamides is 1. The van der Waals surface area contributed by atoms with Crippen molar-refractivity contribution in [2.75, 3.05) is 7.05 Å². The van der Waals surface area contributed by atoms with E-state index in [0.717, 1.165) is 16.7 Å². The molecule has 2 aromatic carbocycles. The van der Waals surface area contributed by atoms with Crippen LogP contribution in [0.3, 0.4) is 0 Å². The van der Waals surface area contributed by atoms with Gasteiger partial charge in [0.1, 0.15) is 0 Å². The number of primary sulfonamides is 1. The first-order valence-electron chi connectivity index (χ1n) is 8.46. The zero-order chi connectivity index (χ0) is 19.6. The Morgan fingerprint density at radius 3 is 2.48 bits per heavy atom. The first kappa shape index (κ1) is 19.2. The molecule has 1 atom stereocenters. The lowest BCUT2D eigenvalue weighted by Gasteiger charge is -2.23. The van der Waals surface area contributed by atoms with E-state index in [9.17, 15) is 8.42 Å². The van der Waals surface area contributed by atoms with Crippen LogP contribution in [0.4, 0.5) is 0 Å². The van der Waals surface area contributed by atoms with E-state index >= 15 is 0 Å². The molecule has 1 aromatic heterocycles. The Hall–Kier alpha value is -2.55. The van der Waals surface area contributed by atoms with Crippen LogP contribution in [-0.2, 0) is 16.6 Å². The second-order valence-electron chi connectivity index (χ2n) is 6.58. The van der Waals surface area contributed by atoms with E-state index in [2.05, 4.69) is 10.2 Å². The molecule has 0 saturated heterocycles. The van der Waals surface area contributed by atoms with Crippen molar-refractivity contribution in [3.8, 4) is 11.5 Å². The van der Waals surface area contributed by atoms with Crippen LogP contribution in [0.25, 0.3) is 11.5 Å². The van der Waals surface area contributed by atoms with Crippen LogP contribution in [0.15, 0.2) is 57.8 Å². The van der Waals surface area contributed by atoms with Gasteiger partial charge in [-0.05, 0) is 50.7 Å². The molecule has 0 bridgehead atoms.